The predicted octanol–water partition coefficient (Wildman–Crippen LogP) is 2.74. The lowest BCUT2D eigenvalue weighted by atomic mass is 9.87. The number of methoxy groups -OCH3 is 2. The van der Waals surface area contributed by atoms with Gasteiger partial charge in [-0.1, -0.05) is 29.8 Å². The fourth-order valence-electron chi connectivity index (χ4n) is 4.24. The van der Waals surface area contributed by atoms with Crippen LogP contribution in [0.2, 0.25) is 0 Å². The number of ether oxygens (including phenoxy) is 2. The van der Waals surface area contributed by atoms with Crippen molar-refractivity contribution >= 4 is 17.8 Å². The maximum absolute atomic E-state index is 13.2. The summed E-state index contributed by atoms with van der Waals surface area (Å²) < 4.78 is 10.5. The van der Waals surface area contributed by atoms with Gasteiger partial charge in [0.2, 0.25) is 0 Å². The highest BCUT2D eigenvalue weighted by molar-refractivity contribution is 6.07. The molecule has 32 heavy (non-hydrogen) atoms. The van der Waals surface area contributed by atoms with Crippen molar-refractivity contribution in [2.24, 2.45) is 0 Å². The van der Waals surface area contributed by atoms with Crippen LogP contribution in [0.5, 0.6) is 11.5 Å². The van der Waals surface area contributed by atoms with E-state index in [0.29, 0.717) is 43.0 Å². The number of amides is 4. The lowest BCUT2D eigenvalue weighted by Gasteiger charge is -2.37. The number of nitrogens with one attached hydrogen (secondary N) is 1. The number of piperidine rings is 1. The normalized spacial score (nSPS) is 17.5. The van der Waals surface area contributed by atoms with Crippen molar-refractivity contribution in [1.82, 2.24) is 15.1 Å². The van der Waals surface area contributed by atoms with Crippen molar-refractivity contribution in [3.05, 3.63) is 59.2 Å². The molecule has 2 heterocycles. The van der Waals surface area contributed by atoms with Crippen LogP contribution >= 0.6 is 0 Å². The first-order valence-corrected chi connectivity index (χ1v) is 10.6. The number of benzene rings is 2. The molecule has 0 radical (unpaired) electrons. The largest absolute Gasteiger partial charge is 0.497 e. The van der Waals surface area contributed by atoms with Crippen molar-refractivity contribution in [1.29, 1.82) is 0 Å². The van der Waals surface area contributed by atoms with E-state index in [0.717, 1.165) is 11.1 Å². The van der Waals surface area contributed by atoms with Crippen LogP contribution in [0.25, 0.3) is 0 Å². The van der Waals surface area contributed by atoms with Gasteiger partial charge in [-0.3, -0.25) is 14.5 Å². The van der Waals surface area contributed by atoms with Gasteiger partial charge in [-0.05, 0) is 37.5 Å². The van der Waals surface area contributed by atoms with Crippen molar-refractivity contribution < 1.29 is 23.9 Å². The molecule has 2 aliphatic heterocycles. The van der Waals surface area contributed by atoms with E-state index in [-0.39, 0.29) is 24.4 Å². The molecular weight excluding hydrogens is 410 g/mol. The molecule has 2 aromatic carbocycles. The van der Waals surface area contributed by atoms with Crippen LogP contribution in [0.4, 0.5) is 4.79 Å². The van der Waals surface area contributed by atoms with E-state index in [4.69, 9.17) is 9.47 Å². The number of aryl methyl sites for hydroxylation is 1. The second-order valence-electron chi connectivity index (χ2n) is 8.28. The Morgan fingerprint density at radius 3 is 2.16 bits per heavy atom. The molecule has 4 amide bonds. The Balaban J connectivity index is 1.44. The van der Waals surface area contributed by atoms with E-state index >= 15 is 0 Å². The van der Waals surface area contributed by atoms with Crippen LogP contribution in [0.3, 0.4) is 0 Å². The highest BCUT2D eigenvalue weighted by atomic mass is 16.5. The third-order valence-electron chi connectivity index (χ3n) is 6.21. The molecule has 1 N–H and O–H groups in total. The van der Waals surface area contributed by atoms with Gasteiger partial charge in [-0.2, -0.15) is 0 Å². The molecule has 0 unspecified atom stereocenters. The van der Waals surface area contributed by atoms with Crippen molar-refractivity contribution in [3.8, 4) is 11.5 Å². The molecule has 0 bridgehead atoms. The molecule has 2 fully saturated rings. The molecule has 1 spiro atoms. The highest BCUT2D eigenvalue weighted by Crippen LogP contribution is 2.32. The van der Waals surface area contributed by atoms with Crippen LogP contribution in [0.15, 0.2) is 42.5 Å². The molecule has 168 valence electrons. The highest BCUT2D eigenvalue weighted by Gasteiger charge is 2.52. The molecule has 2 aliphatic rings. The maximum atomic E-state index is 13.2. The minimum absolute atomic E-state index is 0.162. The van der Waals surface area contributed by atoms with Crippen LogP contribution in [-0.4, -0.2) is 60.5 Å². The van der Waals surface area contributed by atoms with Gasteiger partial charge in [0.1, 0.15) is 17.0 Å². The van der Waals surface area contributed by atoms with Crippen molar-refractivity contribution in [2.45, 2.75) is 31.8 Å². The minimum atomic E-state index is -0.954. The van der Waals surface area contributed by atoms with Crippen LogP contribution in [0, 0.1) is 6.92 Å². The summed E-state index contributed by atoms with van der Waals surface area (Å²) >= 11 is 0. The first-order chi connectivity index (χ1) is 15.3. The lowest BCUT2D eigenvalue weighted by molar-refractivity contribution is -0.133. The zero-order valence-corrected chi connectivity index (χ0v) is 18.5. The fraction of sp³-hybridized carbons (Fsp3) is 0.375. The number of imide groups is 1. The first-order valence-electron chi connectivity index (χ1n) is 10.6. The molecule has 0 atom stereocenters. The number of hydrogen-bond acceptors (Lipinski definition) is 5. The Bertz CT molecular complexity index is 1020. The molecule has 8 heteroatoms. The second-order valence-corrected chi connectivity index (χ2v) is 8.28. The summed E-state index contributed by atoms with van der Waals surface area (Å²) in [7, 11) is 3.06. The standard InChI is InChI=1S/C24H27N3O5/c1-16-4-6-17(7-5-16)15-27-22(29)24(25-23(27)30)8-10-26(11-9-24)21(28)18-12-19(31-2)14-20(13-18)32-3/h4-7,12-14H,8-11,15H2,1-3H3,(H,25,30). The zero-order valence-electron chi connectivity index (χ0n) is 18.5. The molecule has 0 aliphatic carbocycles. The predicted molar refractivity (Wildman–Crippen MR) is 118 cm³/mol. The summed E-state index contributed by atoms with van der Waals surface area (Å²) in [6.45, 7) is 2.95. The topological polar surface area (TPSA) is 88.2 Å². The van der Waals surface area contributed by atoms with Gasteiger partial charge < -0.3 is 19.7 Å². The van der Waals surface area contributed by atoms with E-state index in [1.165, 1.54) is 19.1 Å². The Kier molecular flexibility index (Phi) is 5.78. The van der Waals surface area contributed by atoms with Crippen molar-refractivity contribution in [3.63, 3.8) is 0 Å². The smallest absolute Gasteiger partial charge is 0.325 e. The third kappa shape index (κ3) is 4.00. The molecule has 4 rings (SSSR count). The van der Waals surface area contributed by atoms with Crippen molar-refractivity contribution in [2.75, 3.05) is 27.3 Å². The second kappa shape index (κ2) is 8.53. The number of carbonyl (C=O) groups is 3. The van der Waals surface area contributed by atoms with Crippen LogP contribution < -0.4 is 14.8 Å². The number of hydrogen-bond donors (Lipinski definition) is 1. The molecule has 2 saturated heterocycles. The van der Waals surface area contributed by atoms with Gasteiger partial charge in [0, 0.05) is 24.7 Å². The zero-order chi connectivity index (χ0) is 22.9. The summed E-state index contributed by atoms with van der Waals surface area (Å²) in [5, 5.41) is 2.90. The van der Waals surface area contributed by atoms with E-state index in [9.17, 15) is 14.4 Å². The number of nitrogens with zero attached hydrogens (tertiary/aromatic N) is 2. The quantitative estimate of drug-likeness (QED) is 0.727. The maximum Gasteiger partial charge on any atom is 0.325 e. The molecule has 0 aromatic heterocycles. The van der Waals surface area contributed by atoms with Gasteiger partial charge in [-0.25, -0.2) is 4.79 Å². The number of rotatable bonds is 5. The average molecular weight is 437 g/mol. The summed E-state index contributed by atoms with van der Waals surface area (Å²) in [5.74, 6) is 0.681. The molecule has 2 aromatic rings. The monoisotopic (exact) mass is 437 g/mol. The van der Waals surface area contributed by atoms with E-state index in [1.54, 1.807) is 23.1 Å². The number of likely N-dealkylation sites (tertiary alicyclic amines) is 1. The average Bonchev–Trinajstić information content (AvgIpc) is 3.04. The van der Waals surface area contributed by atoms with E-state index in [1.807, 2.05) is 31.2 Å². The van der Waals surface area contributed by atoms with Gasteiger partial charge in [-0.15, -0.1) is 0 Å². The summed E-state index contributed by atoms with van der Waals surface area (Å²) in [4.78, 5) is 41.8. The summed E-state index contributed by atoms with van der Waals surface area (Å²) in [6, 6.07) is 12.4. The Morgan fingerprint density at radius 1 is 1.00 bits per heavy atom. The van der Waals surface area contributed by atoms with Crippen LogP contribution in [-0.2, 0) is 11.3 Å². The Labute approximate surface area is 187 Å². The summed E-state index contributed by atoms with van der Waals surface area (Å²) in [6.07, 6.45) is 0.740. The van der Waals surface area contributed by atoms with E-state index in [2.05, 4.69) is 5.32 Å². The Hall–Kier alpha value is -3.55. The van der Waals surface area contributed by atoms with Gasteiger partial charge in [0.15, 0.2) is 0 Å². The van der Waals surface area contributed by atoms with Crippen LogP contribution in [0.1, 0.15) is 34.3 Å². The number of urea groups is 1. The SMILES string of the molecule is COc1cc(OC)cc(C(=O)N2CCC3(CC2)NC(=O)N(Cc2ccc(C)cc2)C3=O)c1. The van der Waals surface area contributed by atoms with Gasteiger partial charge in [0.05, 0.1) is 20.8 Å². The minimum Gasteiger partial charge on any atom is -0.497 e. The molecule has 0 saturated carbocycles. The summed E-state index contributed by atoms with van der Waals surface area (Å²) in [5.41, 5.74) is 1.52. The van der Waals surface area contributed by atoms with Gasteiger partial charge >= 0.3 is 6.03 Å². The molecule has 8 nitrogen and oxygen atoms in total. The third-order valence-corrected chi connectivity index (χ3v) is 6.21. The van der Waals surface area contributed by atoms with E-state index < -0.39 is 5.54 Å². The lowest BCUT2D eigenvalue weighted by Crippen LogP contribution is -2.55. The number of carbonyl (C=O) groups excluding carboxylic acids is 3. The first kappa shape index (κ1) is 21.7. The Morgan fingerprint density at radius 2 is 1.59 bits per heavy atom. The van der Waals surface area contributed by atoms with Gasteiger partial charge in [0.25, 0.3) is 11.8 Å². The molecular formula is C24H27N3O5. The fourth-order valence-corrected chi connectivity index (χ4v) is 4.24.